The van der Waals surface area contributed by atoms with Gasteiger partial charge in [-0.3, -0.25) is 4.68 Å². The molecule has 23 heavy (non-hydrogen) atoms. The number of sulfonamides is 1. The minimum atomic E-state index is -3.60. The number of nitrogens with one attached hydrogen (secondary N) is 1. The minimum Gasteiger partial charge on any atom is -0.324 e. The molecule has 126 valence electrons. The van der Waals surface area contributed by atoms with Gasteiger partial charge in [-0.15, -0.1) is 0 Å². The second-order valence-corrected chi connectivity index (χ2v) is 7.52. The molecule has 0 bridgehead atoms. The van der Waals surface area contributed by atoms with Crippen LogP contribution in [0.4, 0.5) is 0 Å². The van der Waals surface area contributed by atoms with Crippen molar-refractivity contribution in [1.29, 1.82) is 0 Å². The summed E-state index contributed by atoms with van der Waals surface area (Å²) < 4.78 is 28.9. The lowest BCUT2D eigenvalue weighted by atomic mass is 9.95. The number of nitrogens with zero attached hydrogens (tertiary/aromatic N) is 2. The molecule has 0 radical (unpaired) electrons. The molecule has 7 heteroatoms. The van der Waals surface area contributed by atoms with Crippen molar-refractivity contribution in [3.63, 3.8) is 0 Å². The van der Waals surface area contributed by atoms with Gasteiger partial charge in [-0.05, 0) is 18.4 Å². The first-order valence-corrected chi connectivity index (χ1v) is 9.22. The van der Waals surface area contributed by atoms with Crippen LogP contribution in [-0.4, -0.2) is 30.3 Å². The van der Waals surface area contributed by atoms with Crippen LogP contribution in [0, 0.1) is 0 Å². The average Bonchev–Trinajstić information content (AvgIpc) is 3.03. The Morgan fingerprint density at radius 2 is 1.87 bits per heavy atom. The van der Waals surface area contributed by atoms with E-state index in [4.69, 9.17) is 5.73 Å². The zero-order valence-corrected chi connectivity index (χ0v) is 14.4. The summed E-state index contributed by atoms with van der Waals surface area (Å²) in [5.74, 6) is 0. The van der Waals surface area contributed by atoms with Crippen LogP contribution in [0.1, 0.15) is 32.3 Å². The molecule has 0 aliphatic rings. The summed E-state index contributed by atoms with van der Waals surface area (Å²) in [5.41, 5.74) is 6.68. The summed E-state index contributed by atoms with van der Waals surface area (Å²) in [6.07, 6.45) is 4.31. The van der Waals surface area contributed by atoms with E-state index in [-0.39, 0.29) is 11.4 Å². The first kappa shape index (κ1) is 17.7. The zero-order valence-electron chi connectivity index (χ0n) is 13.6. The minimum absolute atomic E-state index is 0.156. The second-order valence-electron chi connectivity index (χ2n) is 5.75. The van der Waals surface area contributed by atoms with E-state index < -0.39 is 15.6 Å². The molecule has 0 aliphatic heterocycles. The second kappa shape index (κ2) is 7.25. The maximum absolute atomic E-state index is 12.4. The lowest BCUT2D eigenvalue weighted by molar-refractivity contribution is 0.392. The van der Waals surface area contributed by atoms with Gasteiger partial charge in [-0.1, -0.05) is 44.2 Å². The fraction of sp³-hybridized carbons (Fsp3) is 0.438. The van der Waals surface area contributed by atoms with Crippen molar-refractivity contribution in [2.45, 2.75) is 43.7 Å². The normalized spacial score (nSPS) is 12.5. The molecule has 1 aromatic heterocycles. The third-order valence-electron chi connectivity index (χ3n) is 4.13. The molecule has 3 N–H and O–H groups in total. The first-order chi connectivity index (χ1) is 10.9. The van der Waals surface area contributed by atoms with Crippen molar-refractivity contribution in [3.05, 3.63) is 48.3 Å². The van der Waals surface area contributed by atoms with Crippen molar-refractivity contribution in [2.75, 3.05) is 6.54 Å². The van der Waals surface area contributed by atoms with E-state index in [0.29, 0.717) is 19.4 Å². The Morgan fingerprint density at radius 1 is 1.22 bits per heavy atom. The number of hydrogen-bond donors (Lipinski definition) is 2. The van der Waals surface area contributed by atoms with E-state index in [1.807, 2.05) is 44.2 Å². The number of aromatic nitrogens is 2. The van der Waals surface area contributed by atoms with Crippen LogP contribution in [0.2, 0.25) is 0 Å². The molecule has 0 fully saturated rings. The molecule has 0 unspecified atom stereocenters. The van der Waals surface area contributed by atoms with Gasteiger partial charge in [-0.2, -0.15) is 5.10 Å². The Morgan fingerprint density at radius 3 is 2.48 bits per heavy atom. The molecule has 0 amide bonds. The van der Waals surface area contributed by atoms with Crippen LogP contribution in [-0.2, 0) is 16.6 Å². The Bertz CT molecular complexity index is 722. The molecule has 6 nitrogen and oxygen atoms in total. The predicted molar refractivity (Wildman–Crippen MR) is 90.5 cm³/mol. The smallest absolute Gasteiger partial charge is 0.243 e. The van der Waals surface area contributed by atoms with Gasteiger partial charge in [0.15, 0.2) is 0 Å². The van der Waals surface area contributed by atoms with Gasteiger partial charge in [0.1, 0.15) is 4.90 Å². The van der Waals surface area contributed by atoms with Gasteiger partial charge in [0, 0.05) is 18.3 Å². The topological polar surface area (TPSA) is 90.0 Å². The summed E-state index contributed by atoms with van der Waals surface area (Å²) in [7, 11) is -3.60. The number of benzene rings is 1. The van der Waals surface area contributed by atoms with E-state index in [1.165, 1.54) is 12.4 Å². The van der Waals surface area contributed by atoms with E-state index >= 15 is 0 Å². The van der Waals surface area contributed by atoms with Crippen molar-refractivity contribution in [2.24, 2.45) is 5.73 Å². The Hall–Kier alpha value is -1.70. The summed E-state index contributed by atoms with van der Waals surface area (Å²) in [4.78, 5) is 0.156. The lowest BCUT2D eigenvalue weighted by Gasteiger charge is -2.26. The standard InChI is InChI=1S/C16H24N4O2S/c1-3-16(17,4-2)13-19-23(21,22)15-10-18-20(12-15)11-14-8-6-5-7-9-14/h5-10,12,19H,3-4,11,13,17H2,1-2H3. The zero-order chi connectivity index (χ0) is 16.9. The van der Waals surface area contributed by atoms with Crippen molar-refractivity contribution in [3.8, 4) is 0 Å². The lowest BCUT2D eigenvalue weighted by Crippen LogP contribution is -2.49. The maximum atomic E-state index is 12.4. The molecule has 2 aromatic rings. The van der Waals surface area contributed by atoms with Crippen molar-refractivity contribution in [1.82, 2.24) is 14.5 Å². The summed E-state index contributed by atoms with van der Waals surface area (Å²) in [6, 6.07) is 9.76. The molecule has 1 aromatic carbocycles. The van der Waals surface area contributed by atoms with Crippen LogP contribution in [0.15, 0.2) is 47.6 Å². The Balaban J connectivity index is 2.06. The van der Waals surface area contributed by atoms with Gasteiger partial charge in [-0.25, -0.2) is 13.1 Å². The molecular formula is C16H24N4O2S. The van der Waals surface area contributed by atoms with Gasteiger partial charge in [0.2, 0.25) is 10.0 Å². The highest BCUT2D eigenvalue weighted by atomic mass is 32.2. The van der Waals surface area contributed by atoms with Gasteiger partial charge in [0.05, 0.1) is 12.7 Å². The van der Waals surface area contributed by atoms with E-state index in [2.05, 4.69) is 9.82 Å². The number of hydrogen-bond acceptors (Lipinski definition) is 4. The predicted octanol–water partition coefficient (Wildman–Crippen LogP) is 1.73. The molecule has 0 saturated carbocycles. The molecule has 0 aliphatic carbocycles. The highest BCUT2D eigenvalue weighted by molar-refractivity contribution is 7.89. The highest BCUT2D eigenvalue weighted by Gasteiger charge is 2.24. The molecular weight excluding hydrogens is 312 g/mol. The fourth-order valence-corrected chi connectivity index (χ4v) is 3.25. The van der Waals surface area contributed by atoms with Crippen LogP contribution in [0.5, 0.6) is 0 Å². The quantitative estimate of drug-likeness (QED) is 0.768. The van der Waals surface area contributed by atoms with Crippen molar-refractivity contribution < 1.29 is 8.42 Å². The SMILES string of the molecule is CCC(N)(CC)CNS(=O)(=O)c1cnn(Cc2ccccc2)c1. The van der Waals surface area contributed by atoms with Gasteiger partial charge in [0.25, 0.3) is 0 Å². The molecule has 2 rings (SSSR count). The number of rotatable bonds is 8. The van der Waals surface area contributed by atoms with Crippen LogP contribution in [0.25, 0.3) is 0 Å². The van der Waals surface area contributed by atoms with Gasteiger partial charge >= 0.3 is 0 Å². The van der Waals surface area contributed by atoms with Crippen molar-refractivity contribution >= 4 is 10.0 Å². The number of nitrogens with two attached hydrogens (primary N) is 1. The molecule has 0 spiro atoms. The Kier molecular flexibility index (Phi) is 5.56. The van der Waals surface area contributed by atoms with Crippen LogP contribution in [0.3, 0.4) is 0 Å². The fourth-order valence-electron chi connectivity index (χ4n) is 2.16. The largest absolute Gasteiger partial charge is 0.324 e. The average molecular weight is 336 g/mol. The first-order valence-electron chi connectivity index (χ1n) is 7.73. The van der Waals surface area contributed by atoms with Gasteiger partial charge < -0.3 is 5.73 Å². The van der Waals surface area contributed by atoms with Crippen LogP contribution >= 0.6 is 0 Å². The van der Waals surface area contributed by atoms with E-state index in [1.54, 1.807) is 4.68 Å². The van der Waals surface area contributed by atoms with Crippen LogP contribution < -0.4 is 10.5 Å². The molecule has 0 saturated heterocycles. The highest BCUT2D eigenvalue weighted by Crippen LogP contribution is 2.13. The third kappa shape index (κ3) is 4.63. The monoisotopic (exact) mass is 336 g/mol. The maximum Gasteiger partial charge on any atom is 0.243 e. The summed E-state index contributed by atoms with van der Waals surface area (Å²) in [5, 5.41) is 4.13. The summed E-state index contributed by atoms with van der Waals surface area (Å²) >= 11 is 0. The van der Waals surface area contributed by atoms with E-state index in [9.17, 15) is 8.42 Å². The Labute approximate surface area is 137 Å². The molecule has 0 atom stereocenters. The van der Waals surface area contributed by atoms with E-state index in [0.717, 1.165) is 5.56 Å². The summed E-state index contributed by atoms with van der Waals surface area (Å²) in [6.45, 7) is 4.65. The molecule has 1 heterocycles. The third-order valence-corrected chi connectivity index (χ3v) is 5.49.